The molecule has 1 saturated carbocycles. The monoisotopic (exact) mass is 761 g/mol. The first-order valence-electron chi connectivity index (χ1n) is 20.3. The second kappa shape index (κ2) is 19.6. The molecule has 0 aromatic rings. The number of rotatable bonds is 5. The highest BCUT2D eigenvalue weighted by atomic mass is 16.7. The second-order valence-electron chi connectivity index (χ2n) is 16.8. The third kappa shape index (κ3) is 10.5. The molecular weight excluding hydrogens is 694 g/mol. The maximum Gasteiger partial charge on any atom is 0.329 e. The molecule has 1 amide bonds. The molecule has 2 bridgehead atoms. The van der Waals surface area contributed by atoms with Crippen LogP contribution in [0.5, 0.6) is 0 Å². The van der Waals surface area contributed by atoms with Gasteiger partial charge in [0.2, 0.25) is 5.78 Å². The van der Waals surface area contributed by atoms with Crippen LogP contribution in [0.4, 0.5) is 0 Å². The van der Waals surface area contributed by atoms with Gasteiger partial charge >= 0.3 is 11.8 Å². The standard InChI is InChI=1S/C42H67NO11/c1-9-30-19-24(2)18-25(3)20-37(52-8)35-16-13-26(4)39(47)42(50,54-35)41(49)43-17-11-10-12-31(43)40(48)53-38(28(6)33(45)23-34(30)46)27(5)21-29-14-15-32(44)36(22-29)51-7/h19,21,25-26,28-33,35-38,44-45,50H,9-18,20,22-23H2,1-8H3/b24-19+,27-21+/t25-,26+,28+,29-,30+,31-,32+,33-,35-,36+,37-,38+,42+/m0/s1. The summed E-state index contributed by atoms with van der Waals surface area (Å²) < 4.78 is 23.9. The van der Waals surface area contributed by atoms with Crippen LogP contribution in [-0.4, -0.2) is 113 Å². The van der Waals surface area contributed by atoms with Crippen molar-refractivity contribution in [2.24, 2.45) is 29.6 Å². The van der Waals surface area contributed by atoms with E-state index in [2.05, 4.69) is 6.92 Å². The Morgan fingerprint density at radius 1 is 0.944 bits per heavy atom. The number of allylic oxidation sites excluding steroid dienone is 3. The Morgan fingerprint density at radius 3 is 2.31 bits per heavy atom. The number of carbonyl (C=O) groups excluding carboxylic acids is 4. The van der Waals surface area contributed by atoms with Gasteiger partial charge in [0, 0.05) is 44.9 Å². The number of ketones is 2. The van der Waals surface area contributed by atoms with Gasteiger partial charge < -0.3 is 39.2 Å². The zero-order valence-corrected chi connectivity index (χ0v) is 33.8. The van der Waals surface area contributed by atoms with Crippen molar-refractivity contribution in [3.63, 3.8) is 0 Å². The number of hydrogen-bond acceptors (Lipinski definition) is 11. The molecule has 3 aliphatic heterocycles. The molecular formula is C42H67NO11. The highest BCUT2D eigenvalue weighted by Crippen LogP contribution is 2.36. The Hall–Kier alpha value is -2.48. The van der Waals surface area contributed by atoms with Gasteiger partial charge in [-0.05, 0) is 102 Å². The minimum absolute atomic E-state index is 0.00956. The first kappa shape index (κ1) is 44.2. The van der Waals surface area contributed by atoms with Gasteiger partial charge in [0.25, 0.3) is 5.91 Å². The predicted octanol–water partition coefficient (Wildman–Crippen LogP) is 4.85. The molecule has 0 aromatic heterocycles. The number of methoxy groups -OCH3 is 2. The number of piperidine rings is 1. The largest absolute Gasteiger partial charge is 0.456 e. The minimum atomic E-state index is -2.82. The summed E-state index contributed by atoms with van der Waals surface area (Å²) in [5, 5.41) is 34.1. The van der Waals surface area contributed by atoms with Gasteiger partial charge in [0.15, 0.2) is 0 Å². The summed E-state index contributed by atoms with van der Waals surface area (Å²) in [4.78, 5) is 57.6. The molecule has 4 aliphatic rings. The molecule has 12 nitrogen and oxygen atoms in total. The molecule has 3 N–H and O–H groups in total. The number of fused-ring (bicyclic) bond motifs is 3. The lowest BCUT2D eigenvalue weighted by Crippen LogP contribution is -2.62. The molecule has 0 unspecified atom stereocenters. The van der Waals surface area contributed by atoms with Gasteiger partial charge in [-0.25, -0.2) is 4.79 Å². The third-order valence-corrected chi connectivity index (χ3v) is 12.5. The molecule has 1 aliphatic carbocycles. The van der Waals surface area contributed by atoms with E-state index < -0.39 is 77.8 Å². The number of ether oxygens (including phenoxy) is 4. The van der Waals surface area contributed by atoms with Crippen molar-refractivity contribution in [3.05, 3.63) is 23.3 Å². The normalized spacial score (nSPS) is 41.3. The SMILES string of the molecule is CC[C@@H]1/C=C(\C)C[C@H](C)C[C@H](OC)[C@@H]2CC[C@@H](C)C(=O)[C@@](O)(O2)C(=O)N2CCCC[C@H]2C(=O)O[C@H](/C(C)=C/[C@@H]2CC[C@@H](O)[C@H](OC)C2)[C@H](C)[C@@H](O)CC1=O. The third-order valence-electron chi connectivity index (χ3n) is 12.5. The van der Waals surface area contributed by atoms with Gasteiger partial charge in [0.05, 0.1) is 30.5 Å². The van der Waals surface area contributed by atoms with Crippen molar-refractivity contribution in [1.82, 2.24) is 4.90 Å². The lowest BCUT2D eigenvalue weighted by atomic mass is 9.81. The van der Waals surface area contributed by atoms with Crippen LogP contribution in [0.15, 0.2) is 23.3 Å². The van der Waals surface area contributed by atoms with E-state index in [9.17, 15) is 34.5 Å². The smallest absolute Gasteiger partial charge is 0.329 e. The van der Waals surface area contributed by atoms with E-state index in [0.29, 0.717) is 69.8 Å². The Labute approximate surface area is 322 Å². The average Bonchev–Trinajstić information content (AvgIpc) is 3.26. The molecule has 306 valence electrons. The average molecular weight is 762 g/mol. The lowest BCUT2D eigenvalue weighted by molar-refractivity contribution is -0.240. The highest BCUT2D eigenvalue weighted by molar-refractivity contribution is 6.09. The molecule has 0 aromatic carbocycles. The van der Waals surface area contributed by atoms with Crippen molar-refractivity contribution in [2.45, 2.75) is 167 Å². The number of hydrogen-bond donors (Lipinski definition) is 3. The molecule has 3 fully saturated rings. The van der Waals surface area contributed by atoms with Crippen molar-refractivity contribution in [2.75, 3.05) is 20.8 Å². The van der Waals surface area contributed by atoms with E-state index in [4.69, 9.17) is 18.9 Å². The molecule has 13 atom stereocenters. The van der Waals surface area contributed by atoms with Crippen molar-refractivity contribution in [3.8, 4) is 0 Å². The molecule has 12 heteroatoms. The minimum Gasteiger partial charge on any atom is -0.456 e. The first-order chi connectivity index (χ1) is 25.5. The van der Waals surface area contributed by atoms with Crippen LogP contribution < -0.4 is 0 Å². The Morgan fingerprint density at radius 2 is 1.65 bits per heavy atom. The summed E-state index contributed by atoms with van der Waals surface area (Å²) in [6.45, 7) is 11.4. The van der Waals surface area contributed by atoms with E-state index in [1.165, 1.54) is 4.90 Å². The molecule has 4 rings (SSSR count). The first-order valence-corrected chi connectivity index (χ1v) is 20.3. The quantitative estimate of drug-likeness (QED) is 0.199. The fourth-order valence-corrected chi connectivity index (χ4v) is 9.11. The summed E-state index contributed by atoms with van der Waals surface area (Å²) in [7, 11) is 3.12. The van der Waals surface area contributed by atoms with Gasteiger partial charge in [0.1, 0.15) is 17.9 Å². The molecule has 2 saturated heterocycles. The number of Topliss-reactive ketones (excluding diaryl/α,β-unsaturated/α-hetero) is 2. The van der Waals surface area contributed by atoms with Crippen molar-refractivity contribution >= 4 is 23.4 Å². The number of amides is 1. The van der Waals surface area contributed by atoms with Crippen molar-refractivity contribution < 1.29 is 53.4 Å². The zero-order valence-electron chi connectivity index (χ0n) is 33.8. The summed E-state index contributed by atoms with van der Waals surface area (Å²) in [6.07, 6.45) is 5.23. The van der Waals surface area contributed by atoms with Gasteiger partial charge in [-0.2, -0.15) is 0 Å². The molecule has 3 heterocycles. The van der Waals surface area contributed by atoms with Crippen LogP contribution in [0.3, 0.4) is 0 Å². The maximum atomic E-state index is 14.5. The number of esters is 1. The maximum absolute atomic E-state index is 14.5. The van der Waals surface area contributed by atoms with Crippen LogP contribution in [0.1, 0.15) is 119 Å². The summed E-state index contributed by atoms with van der Waals surface area (Å²) in [5.41, 5.74) is 1.69. The van der Waals surface area contributed by atoms with E-state index in [-0.39, 0.29) is 43.1 Å². The molecule has 54 heavy (non-hydrogen) atoms. The Kier molecular flexibility index (Phi) is 16.0. The fraction of sp³-hybridized carbons (Fsp3) is 0.810. The van der Waals surface area contributed by atoms with E-state index in [1.807, 2.05) is 32.9 Å². The number of aliphatic hydroxyl groups excluding tert-OH is 2. The summed E-state index contributed by atoms with van der Waals surface area (Å²) >= 11 is 0. The van der Waals surface area contributed by atoms with Crippen LogP contribution in [0.25, 0.3) is 0 Å². The predicted molar refractivity (Wildman–Crippen MR) is 202 cm³/mol. The van der Waals surface area contributed by atoms with Gasteiger partial charge in [-0.15, -0.1) is 0 Å². The number of carbonyl (C=O) groups is 4. The van der Waals surface area contributed by atoms with Crippen LogP contribution in [-0.2, 0) is 38.1 Å². The van der Waals surface area contributed by atoms with Crippen LogP contribution in [0.2, 0.25) is 0 Å². The van der Waals surface area contributed by atoms with Crippen LogP contribution >= 0.6 is 0 Å². The fourth-order valence-electron chi connectivity index (χ4n) is 9.11. The topological polar surface area (TPSA) is 169 Å². The zero-order chi connectivity index (χ0) is 39.9. The summed E-state index contributed by atoms with van der Waals surface area (Å²) in [5.74, 6) is -7.07. The van der Waals surface area contributed by atoms with E-state index in [0.717, 1.165) is 5.57 Å². The van der Waals surface area contributed by atoms with Gasteiger partial charge in [-0.3, -0.25) is 14.4 Å². The van der Waals surface area contributed by atoms with E-state index in [1.54, 1.807) is 28.1 Å². The molecule has 0 spiro atoms. The van der Waals surface area contributed by atoms with Gasteiger partial charge in [-0.1, -0.05) is 45.4 Å². The second-order valence-corrected chi connectivity index (χ2v) is 16.8. The Balaban J connectivity index is 1.78. The molecule has 0 radical (unpaired) electrons. The Bertz CT molecular complexity index is 1380. The number of nitrogens with zero attached hydrogens (tertiary/aromatic N) is 1. The van der Waals surface area contributed by atoms with Crippen molar-refractivity contribution in [1.29, 1.82) is 0 Å². The highest BCUT2D eigenvalue weighted by Gasteiger charge is 2.55. The summed E-state index contributed by atoms with van der Waals surface area (Å²) in [6, 6.07) is -1.12. The van der Waals surface area contributed by atoms with Crippen LogP contribution in [0, 0.1) is 29.6 Å². The van der Waals surface area contributed by atoms with E-state index >= 15 is 0 Å². The number of cyclic esters (lactones) is 1. The lowest BCUT2D eigenvalue weighted by Gasteiger charge is -2.41. The number of aliphatic hydroxyl groups is 3.